The van der Waals surface area contributed by atoms with Gasteiger partial charge in [-0.25, -0.2) is 0 Å². The molecule has 0 spiro atoms. The molecule has 0 fully saturated rings. The van der Waals surface area contributed by atoms with Crippen molar-refractivity contribution < 1.29 is 13.5 Å². The van der Waals surface area contributed by atoms with Gasteiger partial charge in [-0.05, 0) is 37.3 Å². The van der Waals surface area contributed by atoms with Crippen LogP contribution in [0.15, 0.2) is 18.2 Å². The second-order valence-corrected chi connectivity index (χ2v) is 4.74. The van der Waals surface area contributed by atoms with Crippen LogP contribution in [-0.4, -0.2) is 11.7 Å². The highest BCUT2D eigenvalue weighted by Gasteiger charge is 2.32. The molecule has 0 aromatic heterocycles. The number of rotatable bonds is 4. The molecule has 1 aromatic carbocycles. The Kier molecular flexibility index (Phi) is 4.59. The van der Waals surface area contributed by atoms with Crippen LogP contribution in [0.3, 0.4) is 0 Å². The zero-order valence-electron chi connectivity index (χ0n) is 9.26. The molecule has 0 saturated carbocycles. The zero-order chi connectivity index (χ0) is 12.3. The number of benzene rings is 1. The maximum absolute atomic E-state index is 13.0. The van der Waals surface area contributed by atoms with Crippen molar-refractivity contribution in [2.75, 3.05) is 6.26 Å². The van der Waals surface area contributed by atoms with Gasteiger partial charge < -0.3 is 4.74 Å². The number of alkyl halides is 2. The molecular weight excluding hydrogens is 254 g/mol. The third-order valence-electron chi connectivity index (χ3n) is 2.15. The molecule has 0 bridgehead atoms. The average Bonchev–Trinajstić information content (AvgIpc) is 2.16. The van der Waals surface area contributed by atoms with Crippen molar-refractivity contribution in [2.24, 2.45) is 0 Å². The summed E-state index contributed by atoms with van der Waals surface area (Å²) in [7, 11) is 0. The van der Waals surface area contributed by atoms with Crippen LogP contribution in [0.25, 0.3) is 0 Å². The lowest BCUT2D eigenvalue weighted by molar-refractivity contribution is -0.190. The van der Waals surface area contributed by atoms with Crippen molar-refractivity contribution in [2.45, 2.75) is 25.4 Å². The summed E-state index contributed by atoms with van der Waals surface area (Å²) in [6.07, 6.45) is 0.555. The first-order chi connectivity index (χ1) is 7.35. The van der Waals surface area contributed by atoms with Crippen molar-refractivity contribution in [3.05, 3.63) is 34.3 Å². The van der Waals surface area contributed by atoms with Gasteiger partial charge in [-0.3, -0.25) is 0 Å². The molecule has 16 heavy (non-hydrogen) atoms. The largest absolute Gasteiger partial charge is 0.408 e. The normalized spacial score (nSPS) is 13.9. The van der Waals surface area contributed by atoms with Gasteiger partial charge in [0.15, 0.2) is 0 Å². The van der Waals surface area contributed by atoms with E-state index < -0.39 is 11.5 Å². The molecule has 0 saturated heterocycles. The topological polar surface area (TPSA) is 9.23 Å². The van der Waals surface area contributed by atoms with E-state index in [9.17, 15) is 8.78 Å². The Morgan fingerprint density at radius 1 is 1.44 bits per heavy atom. The van der Waals surface area contributed by atoms with Crippen molar-refractivity contribution in [3.8, 4) is 0 Å². The third kappa shape index (κ3) is 3.61. The monoisotopic (exact) mass is 266 g/mol. The van der Waals surface area contributed by atoms with Crippen LogP contribution in [0.1, 0.15) is 24.2 Å². The molecule has 1 rings (SSSR count). The summed E-state index contributed by atoms with van der Waals surface area (Å²) >= 11 is 6.33. The van der Waals surface area contributed by atoms with Gasteiger partial charge in [0.1, 0.15) is 0 Å². The lowest BCUT2D eigenvalue weighted by atomic mass is 10.1. The van der Waals surface area contributed by atoms with Crippen LogP contribution in [0, 0.1) is 6.92 Å². The second kappa shape index (κ2) is 5.34. The van der Waals surface area contributed by atoms with Crippen molar-refractivity contribution >= 4 is 23.4 Å². The van der Waals surface area contributed by atoms with E-state index in [-0.39, 0.29) is 0 Å². The van der Waals surface area contributed by atoms with E-state index in [1.165, 1.54) is 6.26 Å². The van der Waals surface area contributed by atoms with Gasteiger partial charge in [-0.15, -0.1) is 0 Å². The molecule has 1 aromatic rings. The number of hydrogen-bond donors (Lipinski definition) is 0. The van der Waals surface area contributed by atoms with Crippen LogP contribution in [0.5, 0.6) is 0 Å². The summed E-state index contributed by atoms with van der Waals surface area (Å²) in [5.41, 5.74) is -1.63. The highest BCUT2D eigenvalue weighted by molar-refractivity contribution is 7.99. The molecule has 1 atom stereocenters. The van der Waals surface area contributed by atoms with E-state index in [1.54, 1.807) is 19.1 Å². The van der Waals surface area contributed by atoms with E-state index >= 15 is 0 Å². The molecule has 90 valence electrons. The predicted molar refractivity (Wildman–Crippen MR) is 64.2 cm³/mol. The van der Waals surface area contributed by atoms with Gasteiger partial charge >= 0.3 is 5.44 Å². The Balaban J connectivity index is 2.84. The minimum absolute atomic E-state index is 0.360. The summed E-state index contributed by atoms with van der Waals surface area (Å²) in [4.78, 5) is 0. The standard InChI is InChI=1S/C11H13ClF2OS/c1-7-4-5-9(10(12)6-7)8(2)15-11(13,14)16-3/h4-6,8H,1-3H3. The Morgan fingerprint density at radius 3 is 2.56 bits per heavy atom. The Bertz CT molecular complexity index is 371. The van der Waals surface area contributed by atoms with E-state index in [0.717, 1.165) is 5.56 Å². The SMILES string of the molecule is CSC(F)(F)OC(C)c1ccc(C)cc1Cl. The highest BCUT2D eigenvalue weighted by Crippen LogP contribution is 2.36. The lowest BCUT2D eigenvalue weighted by Crippen LogP contribution is -2.18. The van der Waals surface area contributed by atoms with Gasteiger partial charge in [0, 0.05) is 5.02 Å². The predicted octanol–water partition coefficient (Wildman–Crippen LogP) is 4.64. The fourth-order valence-corrected chi connectivity index (χ4v) is 1.91. The average molecular weight is 267 g/mol. The van der Waals surface area contributed by atoms with E-state index in [2.05, 4.69) is 4.74 Å². The lowest BCUT2D eigenvalue weighted by Gasteiger charge is -2.20. The molecule has 0 N–H and O–H groups in total. The molecule has 1 nitrogen and oxygen atoms in total. The Labute approximate surface area is 103 Å². The molecule has 0 heterocycles. The van der Waals surface area contributed by atoms with E-state index in [1.807, 2.05) is 13.0 Å². The summed E-state index contributed by atoms with van der Waals surface area (Å²) in [5, 5.41) is 0.449. The summed E-state index contributed by atoms with van der Waals surface area (Å²) < 4.78 is 30.6. The van der Waals surface area contributed by atoms with Crippen molar-refractivity contribution in [1.82, 2.24) is 0 Å². The third-order valence-corrected chi connectivity index (χ3v) is 3.04. The molecule has 0 amide bonds. The minimum atomic E-state index is -3.19. The van der Waals surface area contributed by atoms with Crippen LogP contribution in [0.2, 0.25) is 5.02 Å². The van der Waals surface area contributed by atoms with Gasteiger partial charge in [-0.1, -0.05) is 35.5 Å². The van der Waals surface area contributed by atoms with Crippen molar-refractivity contribution in [3.63, 3.8) is 0 Å². The second-order valence-electron chi connectivity index (χ2n) is 3.45. The maximum atomic E-state index is 13.0. The first-order valence-corrected chi connectivity index (χ1v) is 6.33. The fraction of sp³-hybridized carbons (Fsp3) is 0.455. The minimum Gasteiger partial charge on any atom is -0.304 e. The zero-order valence-corrected chi connectivity index (χ0v) is 10.8. The molecule has 1 unspecified atom stereocenters. The first-order valence-electron chi connectivity index (χ1n) is 4.72. The van der Waals surface area contributed by atoms with Gasteiger partial charge in [0.2, 0.25) is 0 Å². The van der Waals surface area contributed by atoms with E-state index in [4.69, 9.17) is 11.6 Å². The summed E-state index contributed by atoms with van der Waals surface area (Å²) in [5.74, 6) is 0. The Morgan fingerprint density at radius 2 is 2.06 bits per heavy atom. The molecule has 5 heteroatoms. The number of aryl methyl sites for hydroxylation is 1. The van der Waals surface area contributed by atoms with E-state index in [0.29, 0.717) is 22.3 Å². The number of hydrogen-bond acceptors (Lipinski definition) is 2. The molecule has 0 aliphatic rings. The summed E-state index contributed by atoms with van der Waals surface area (Å²) in [6.45, 7) is 3.44. The quantitative estimate of drug-likeness (QED) is 0.734. The van der Waals surface area contributed by atoms with Gasteiger partial charge in [0.25, 0.3) is 0 Å². The number of halogens is 3. The molecule has 0 radical (unpaired) electrons. The van der Waals surface area contributed by atoms with Crippen LogP contribution in [-0.2, 0) is 4.74 Å². The van der Waals surface area contributed by atoms with Crippen LogP contribution >= 0.6 is 23.4 Å². The van der Waals surface area contributed by atoms with Crippen LogP contribution < -0.4 is 0 Å². The summed E-state index contributed by atoms with van der Waals surface area (Å²) in [6, 6.07) is 5.25. The number of thioether (sulfide) groups is 1. The van der Waals surface area contributed by atoms with Crippen molar-refractivity contribution in [1.29, 1.82) is 0 Å². The smallest absolute Gasteiger partial charge is 0.304 e. The van der Waals surface area contributed by atoms with Gasteiger partial charge in [0.05, 0.1) is 6.10 Å². The maximum Gasteiger partial charge on any atom is 0.408 e. The number of ether oxygens (including phenoxy) is 1. The molecule has 0 aliphatic carbocycles. The molecule has 0 aliphatic heterocycles. The Hall–Kier alpha value is -0.320. The van der Waals surface area contributed by atoms with Gasteiger partial charge in [-0.2, -0.15) is 8.78 Å². The first kappa shape index (κ1) is 13.7. The molecular formula is C11H13ClF2OS. The van der Waals surface area contributed by atoms with Crippen LogP contribution in [0.4, 0.5) is 8.78 Å². The highest BCUT2D eigenvalue weighted by atomic mass is 35.5. The fourth-order valence-electron chi connectivity index (χ4n) is 1.28.